The quantitative estimate of drug-likeness (QED) is 0.173. The van der Waals surface area contributed by atoms with Gasteiger partial charge in [-0.2, -0.15) is 0 Å². The predicted molar refractivity (Wildman–Crippen MR) is 271 cm³/mol. The second-order valence-corrected chi connectivity index (χ2v) is 18.9. The molecule has 0 saturated carbocycles. The molecule has 2 heterocycles. The van der Waals surface area contributed by atoms with Crippen molar-refractivity contribution in [3.63, 3.8) is 0 Å². The van der Waals surface area contributed by atoms with Gasteiger partial charge in [0, 0.05) is 65.0 Å². The molecule has 0 atom stereocenters. The molecule has 0 unspecified atom stereocenters. The van der Waals surface area contributed by atoms with Crippen LogP contribution in [0, 0.1) is 6.92 Å². The van der Waals surface area contributed by atoms with Gasteiger partial charge in [-0.15, -0.1) is 0 Å². The summed E-state index contributed by atoms with van der Waals surface area (Å²) in [7, 11) is 0. The summed E-state index contributed by atoms with van der Waals surface area (Å²) in [6.07, 6.45) is 0. The molecule has 64 heavy (non-hydrogen) atoms. The Hall–Kier alpha value is -7.62. The molecule has 0 saturated heterocycles. The topological polar surface area (TPSA) is 29.5 Å². The number of fused-ring (bicyclic) bond motifs is 14. The molecule has 0 aliphatic heterocycles. The second kappa shape index (κ2) is 13.2. The van der Waals surface area contributed by atoms with Crippen LogP contribution in [0.4, 0.5) is 17.1 Å². The van der Waals surface area contributed by atoms with E-state index in [2.05, 4.69) is 222 Å². The van der Waals surface area contributed by atoms with Crippen LogP contribution in [0.25, 0.3) is 88.4 Å². The van der Waals surface area contributed by atoms with E-state index in [9.17, 15) is 0 Å². The van der Waals surface area contributed by atoms with Crippen LogP contribution in [0.15, 0.2) is 191 Å². The monoisotopic (exact) mass is 830 g/mol. The zero-order valence-electron chi connectivity index (χ0n) is 38.6. The van der Waals surface area contributed by atoms with E-state index >= 15 is 0 Å². The van der Waals surface area contributed by atoms with Crippen molar-refractivity contribution in [2.45, 2.75) is 45.4 Å². The molecule has 0 bridgehead atoms. The Kier molecular flexibility index (Phi) is 7.41. The first kappa shape index (κ1) is 35.9. The van der Waals surface area contributed by atoms with Crippen LogP contribution in [0.5, 0.6) is 0 Å². The zero-order valence-corrected chi connectivity index (χ0v) is 36.6. The van der Waals surface area contributed by atoms with Gasteiger partial charge >= 0.3 is 0 Å². The third kappa shape index (κ3) is 5.04. The predicted octanol–water partition coefficient (Wildman–Crippen LogP) is 17.7. The molecular formula is C61H49NO2. The lowest BCUT2D eigenvalue weighted by molar-refractivity contribution is 0.657. The molecule has 9 aromatic carbocycles. The van der Waals surface area contributed by atoms with Gasteiger partial charge in [-0.1, -0.05) is 155 Å². The van der Waals surface area contributed by atoms with Gasteiger partial charge in [0.05, 0.1) is 0 Å². The SMILES string of the molecule is Cc1ccccc1N(c1ccc2c(c1)C(C)(C)c1cc(-c3ccccc3)c3oc4ccccc4c3c1-2)c1ccc2c(c1)C(C)(C)c1cc(-c3ccccc3)c3oc4ccccc4c3c1-2.[2HH].[2H][2H]. The van der Waals surface area contributed by atoms with E-state index < -0.39 is 0 Å². The van der Waals surface area contributed by atoms with Gasteiger partial charge < -0.3 is 13.7 Å². The van der Waals surface area contributed by atoms with Crippen LogP contribution in [0.3, 0.4) is 0 Å². The summed E-state index contributed by atoms with van der Waals surface area (Å²) < 4.78 is 23.5. The number of hydrogen-bond acceptors (Lipinski definition) is 3. The Morgan fingerprint density at radius 1 is 0.422 bits per heavy atom. The molecule has 11 aromatic rings. The van der Waals surface area contributed by atoms with Crippen molar-refractivity contribution < 1.29 is 13.2 Å². The first-order valence-electron chi connectivity index (χ1n) is 23.4. The van der Waals surface area contributed by atoms with Gasteiger partial charge in [0.2, 0.25) is 0 Å². The minimum atomic E-state index is -0.287. The van der Waals surface area contributed by atoms with Crippen LogP contribution in [0.1, 0.15) is 59.9 Å². The van der Waals surface area contributed by atoms with Gasteiger partial charge in [-0.3, -0.25) is 0 Å². The van der Waals surface area contributed by atoms with Crippen molar-refractivity contribution in [2.24, 2.45) is 0 Å². The Morgan fingerprint density at radius 2 is 0.844 bits per heavy atom. The highest BCUT2D eigenvalue weighted by Gasteiger charge is 2.41. The van der Waals surface area contributed by atoms with Crippen LogP contribution in [-0.4, -0.2) is 0 Å². The summed E-state index contributed by atoms with van der Waals surface area (Å²) in [5.41, 5.74) is 22.7. The molecule has 0 radical (unpaired) electrons. The number of nitrogens with zero attached hydrogens (tertiary/aromatic N) is 1. The summed E-state index contributed by atoms with van der Waals surface area (Å²) >= 11 is 0. The lowest BCUT2D eigenvalue weighted by Gasteiger charge is -2.30. The van der Waals surface area contributed by atoms with E-state index in [-0.39, 0.29) is 12.3 Å². The fourth-order valence-corrected chi connectivity index (χ4v) is 11.4. The number of hydrogen-bond donors (Lipinski definition) is 0. The van der Waals surface area contributed by atoms with Crippen LogP contribution in [-0.2, 0) is 10.8 Å². The molecule has 310 valence electrons. The molecule has 2 aromatic heterocycles. The lowest BCUT2D eigenvalue weighted by Crippen LogP contribution is -2.18. The molecule has 0 N–H and O–H groups in total. The van der Waals surface area contributed by atoms with Crippen molar-refractivity contribution >= 4 is 60.9 Å². The molecular weight excluding hydrogens is 779 g/mol. The maximum atomic E-state index is 6.77. The maximum absolute atomic E-state index is 6.77. The van der Waals surface area contributed by atoms with Crippen LogP contribution < -0.4 is 4.90 Å². The highest BCUT2D eigenvalue weighted by atomic mass is 16.3. The fraction of sp³-hybridized carbons (Fsp3) is 0.115. The van der Waals surface area contributed by atoms with Gasteiger partial charge in [0.1, 0.15) is 22.3 Å². The summed E-state index contributed by atoms with van der Waals surface area (Å²) in [5, 5.41) is 4.69. The highest BCUT2D eigenvalue weighted by molar-refractivity contribution is 6.20. The number of para-hydroxylation sites is 3. The standard InChI is InChI=1S/C61H45NO2.2H2/c1-36-18-12-15-25-51(36)62(39-28-30-41-47(32-39)60(2,3)49-34-45(37-19-8-6-9-20-37)58-56(54(41)49)43-23-13-16-26-52(43)63-58)40-29-31-42-48(33-40)61(4,5)50-35-46(38-21-10-7-11-22-38)59-57(55(42)50)44-24-14-17-27-53(44)64-59;;/h6-35H,1-5H3;2*1H/i;1+1D;1+1. The van der Waals surface area contributed by atoms with E-state index in [1.807, 2.05) is 0 Å². The van der Waals surface area contributed by atoms with Gasteiger partial charge in [0.25, 0.3) is 0 Å². The molecule has 3 nitrogen and oxygen atoms in total. The average molecular weight is 831 g/mol. The maximum Gasteiger partial charge on any atom is 0.143 e. The van der Waals surface area contributed by atoms with E-state index in [0.717, 1.165) is 72.4 Å². The Bertz CT molecular complexity index is 3530. The highest BCUT2D eigenvalue weighted by Crippen LogP contribution is 2.58. The molecule has 13 rings (SSSR count). The average Bonchev–Trinajstić information content (AvgIpc) is 4.06. The van der Waals surface area contributed by atoms with Crippen LogP contribution >= 0.6 is 0 Å². The van der Waals surface area contributed by atoms with E-state index in [1.54, 1.807) is 0 Å². The summed E-state index contributed by atoms with van der Waals surface area (Å²) in [4.78, 5) is 2.48. The van der Waals surface area contributed by atoms with Crippen molar-refractivity contribution in [1.82, 2.24) is 0 Å². The van der Waals surface area contributed by atoms with Crippen LogP contribution in [0.2, 0.25) is 0 Å². The first-order chi connectivity index (χ1) is 32.2. The normalized spacial score (nSPS) is 14.4. The molecule has 0 spiro atoms. The van der Waals surface area contributed by atoms with Crippen molar-refractivity contribution in [2.75, 3.05) is 4.90 Å². The first-order valence-corrected chi connectivity index (χ1v) is 22.4. The minimum absolute atomic E-state index is 0. The number of aryl methyl sites for hydroxylation is 1. The number of benzene rings is 9. The summed E-state index contributed by atoms with van der Waals surface area (Å²) in [6, 6.07) is 66.3. The molecule has 0 amide bonds. The number of furan rings is 2. The second-order valence-electron chi connectivity index (χ2n) is 18.9. The van der Waals surface area contributed by atoms with Gasteiger partial charge in [-0.25, -0.2) is 0 Å². The molecule has 2 aliphatic rings. The molecule has 2 aliphatic carbocycles. The minimum Gasteiger partial charge on any atom is -0.455 e. The third-order valence-corrected chi connectivity index (χ3v) is 14.6. The zero-order chi connectivity index (χ0) is 45.1. The number of rotatable bonds is 5. The Morgan fingerprint density at radius 3 is 1.31 bits per heavy atom. The largest absolute Gasteiger partial charge is 0.455 e. The fourth-order valence-electron chi connectivity index (χ4n) is 11.4. The van der Waals surface area contributed by atoms with E-state index in [1.165, 1.54) is 60.8 Å². The smallest absolute Gasteiger partial charge is 0.143 e. The van der Waals surface area contributed by atoms with E-state index in [0.29, 0.717) is 0 Å². The van der Waals surface area contributed by atoms with Gasteiger partial charge in [0.15, 0.2) is 0 Å². The van der Waals surface area contributed by atoms with E-state index in [4.69, 9.17) is 11.8 Å². The molecule has 3 heteroatoms. The van der Waals surface area contributed by atoms with Crippen molar-refractivity contribution in [3.05, 3.63) is 210 Å². The Labute approximate surface area is 377 Å². The summed E-state index contributed by atoms with van der Waals surface area (Å²) in [6.45, 7) is 11.8. The summed E-state index contributed by atoms with van der Waals surface area (Å²) in [5.74, 6) is 0. The Balaban J connectivity index is 0.00000163. The van der Waals surface area contributed by atoms with Gasteiger partial charge in [-0.05, 0) is 123 Å². The lowest BCUT2D eigenvalue weighted by atomic mass is 9.80. The van der Waals surface area contributed by atoms with Crippen molar-refractivity contribution in [1.29, 1.82) is 0 Å². The third-order valence-electron chi connectivity index (χ3n) is 14.6. The van der Waals surface area contributed by atoms with Crippen molar-refractivity contribution in [3.8, 4) is 44.5 Å². The number of anilines is 3. The molecule has 0 fully saturated rings.